The minimum atomic E-state index is -3.08. The van der Waals surface area contributed by atoms with Crippen LogP contribution in [0, 0.1) is 13.8 Å². The molecule has 0 unspecified atom stereocenters. The van der Waals surface area contributed by atoms with Gasteiger partial charge in [0.25, 0.3) is 0 Å². The van der Waals surface area contributed by atoms with Crippen molar-refractivity contribution in [2.45, 2.75) is 94.6 Å². The number of anilines is 2. The van der Waals surface area contributed by atoms with Gasteiger partial charge in [-0.3, -0.25) is 18.0 Å². The Balaban J connectivity index is 0.745. The molecule has 2 N–H and O–H groups in total. The standard InChI is InChI=1S/C67H70F4N6O10S2/c1-5-34-82-36-38-84-56-21-9-48(10-22-56)50-13-29-62(86-66(68)69)52(40-50)16-32-65(79)75-55-19-27-59(28-20-55)89(81)43-61-47(4)73-45-77(61)33-7-8-35-83-37-39-85-57-23-11-49(12-24-57)51-14-30-63(87-67(70)71)53(41-51)15-31-64(78)74-54-17-25-58(26-18-54)88(80)42-60-46(3)72-44-76(60)6-2/h9-32,40-41,44-45,66-67H,5-8,33-39,42-43H2,1-4H3,(H,74,78)(H,75,79)/b31-15+,32-16+/t88-,89+/m1/s1. The number of carbonyl (C=O) groups is 2. The number of halogens is 4. The van der Waals surface area contributed by atoms with Gasteiger partial charge in [0.1, 0.15) is 36.2 Å². The monoisotopic (exact) mass is 1260 g/mol. The molecule has 0 aliphatic carbocycles. The number of amides is 2. The molecule has 0 radical (unpaired) electrons. The fourth-order valence-electron chi connectivity index (χ4n) is 9.23. The average molecular weight is 1260 g/mol. The first kappa shape index (κ1) is 66.3. The molecule has 89 heavy (non-hydrogen) atoms. The van der Waals surface area contributed by atoms with Gasteiger partial charge in [-0.2, -0.15) is 17.6 Å². The molecule has 468 valence electrons. The van der Waals surface area contributed by atoms with Crippen LogP contribution in [0.5, 0.6) is 23.0 Å². The zero-order valence-corrected chi connectivity index (χ0v) is 51.3. The third-order valence-corrected chi connectivity index (χ3v) is 16.6. The van der Waals surface area contributed by atoms with Crippen LogP contribution in [0.4, 0.5) is 28.9 Å². The largest absolute Gasteiger partial charge is 0.491 e. The van der Waals surface area contributed by atoms with E-state index in [0.717, 1.165) is 53.2 Å². The minimum absolute atomic E-state index is 0.0926. The van der Waals surface area contributed by atoms with Crippen molar-refractivity contribution in [1.82, 2.24) is 19.1 Å². The van der Waals surface area contributed by atoms with E-state index in [2.05, 4.69) is 20.6 Å². The SMILES string of the molecule is CCCOCCOc1ccc(-c2ccc(OC(F)F)c(/C=C/C(=O)Nc3ccc([S@@](=O)Cc4c(C)ncn4CCCCOCCOc4ccc(-c5ccc(OC(F)F)c(/C=C/C(=O)Nc6ccc([S@](=O)Cc7c(C)ncn7CC)cc6)c5)cc4)cc3)c2)cc1. The number of aromatic nitrogens is 4. The van der Waals surface area contributed by atoms with Gasteiger partial charge in [0.05, 0.1) is 81.7 Å². The van der Waals surface area contributed by atoms with Crippen molar-refractivity contribution < 1.29 is 64.0 Å². The van der Waals surface area contributed by atoms with Gasteiger partial charge in [0.2, 0.25) is 11.8 Å². The van der Waals surface area contributed by atoms with Crippen molar-refractivity contribution in [2.75, 3.05) is 50.3 Å². The summed E-state index contributed by atoms with van der Waals surface area (Å²) in [5.41, 5.74) is 7.76. The number of unbranched alkanes of at least 4 members (excludes halogenated alkanes) is 1. The van der Waals surface area contributed by atoms with Crippen LogP contribution in [0.25, 0.3) is 34.4 Å². The third kappa shape index (κ3) is 20.2. The van der Waals surface area contributed by atoms with Crippen LogP contribution in [0.2, 0.25) is 0 Å². The lowest BCUT2D eigenvalue weighted by Crippen LogP contribution is -2.10. The molecule has 0 aliphatic heterocycles. The number of benzene rings is 6. The number of nitrogens with zero attached hydrogens (tertiary/aromatic N) is 4. The van der Waals surface area contributed by atoms with Crippen molar-refractivity contribution in [3.63, 3.8) is 0 Å². The lowest BCUT2D eigenvalue weighted by molar-refractivity contribution is -0.112. The number of imidazole rings is 2. The van der Waals surface area contributed by atoms with Crippen LogP contribution < -0.4 is 29.6 Å². The first-order valence-electron chi connectivity index (χ1n) is 28.9. The van der Waals surface area contributed by atoms with E-state index in [9.17, 15) is 35.6 Å². The first-order chi connectivity index (χ1) is 43.1. The summed E-state index contributed by atoms with van der Waals surface area (Å²) in [4.78, 5) is 36.0. The molecule has 0 saturated heterocycles. The number of alkyl halides is 4. The van der Waals surface area contributed by atoms with E-state index >= 15 is 0 Å². The number of ether oxygens (including phenoxy) is 6. The summed E-state index contributed by atoms with van der Waals surface area (Å²) in [6.07, 6.45) is 11.2. The van der Waals surface area contributed by atoms with Gasteiger partial charge in [-0.05, 0) is 172 Å². The molecule has 0 saturated carbocycles. The van der Waals surface area contributed by atoms with Crippen LogP contribution in [-0.4, -0.2) is 92.2 Å². The predicted octanol–water partition coefficient (Wildman–Crippen LogP) is 13.9. The van der Waals surface area contributed by atoms with Gasteiger partial charge in [-0.1, -0.05) is 43.3 Å². The first-order valence-corrected chi connectivity index (χ1v) is 31.5. The minimum Gasteiger partial charge on any atom is -0.491 e. The van der Waals surface area contributed by atoms with E-state index in [4.69, 9.17) is 28.4 Å². The maximum absolute atomic E-state index is 13.6. The van der Waals surface area contributed by atoms with Crippen molar-refractivity contribution >= 4 is 56.9 Å². The molecule has 2 atom stereocenters. The second-order valence-electron chi connectivity index (χ2n) is 20.1. The van der Waals surface area contributed by atoms with Crippen molar-refractivity contribution in [3.05, 3.63) is 192 Å². The molecule has 0 aliphatic rings. The van der Waals surface area contributed by atoms with Gasteiger partial charge < -0.3 is 48.2 Å². The van der Waals surface area contributed by atoms with E-state index in [1.807, 2.05) is 73.2 Å². The molecular formula is C67H70F4N6O10S2. The Morgan fingerprint density at radius 1 is 0.528 bits per heavy atom. The Morgan fingerprint density at radius 2 is 0.955 bits per heavy atom. The Kier molecular flexibility index (Phi) is 25.0. The Labute approximate surface area is 519 Å². The molecule has 2 heterocycles. The Bertz CT molecular complexity index is 3710. The molecule has 6 aromatic carbocycles. The molecular weight excluding hydrogens is 1190 g/mol. The van der Waals surface area contributed by atoms with Gasteiger partial charge in [0, 0.05) is 70.7 Å². The average Bonchev–Trinajstić information content (AvgIpc) is 3.85. The summed E-state index contributed by atoms with van der Waals surface area (Å²) >= 11 is 0. The maximum Gasteiger partial charge on any atom is 0.387 e. The second kappa shape index (κ2) is 33.6. The van der Waals surface area contributed by atoms with E-state index in [-0.39, 0.29) is 28.4 Å². The number of carbonyl (C=O) groups excluding carboxylic acids is 2. The van der Waals surface area contributed by atoms with E-state index < -0.39 is 46.6 Å². The second-order valence-corrected chi connectivity index (χ2v) is 23.0. The molecule has 0 spiro atoms. The van der Waals surface area contributed by atoms with E-state index in [1.54, 1.807) is 97.6 Å². The summed E-state index contributed by atoms with van der Waals surface area (Å²) in [6, 6.07) is 37.4. The summed E-state index contributed by atoms with van der Waals surface area (Å²) in [7, 11) is -2.77. The van der Waals surface area contributed by atoms with Crippen LogP contribution >= 0.6 is 0 Å². The quantitative estimate of drug-likeness (QED) is 0.0221. The normalized spacial score (nSPS) is 12.2. The summed E-state index contributed by atoms with van der Waals surface area (Å²) in [5, 5.41) is 5.51. The molecule has 8 rings (SSSR count). The number of hydrogen-bond acceptors (Lipinski definition) is 12. The van der Waals surface area contributed by atoms with Gasteiger partial charge in [-0.15, -0.1) is 0 Å². The number of nitrogens with one attached hydrogen (secondary N) is 2. The predicted molar refractivity (Wildman–Crippen MR) is 337 cm³/mol. The van der Waals surface area contributed by atoms with Crippen LogP contribution in [-0.2, 0) is 65.3 Å². The van der Waals surface area contributed by atoms with Crippen LogP contribution in [0.15, 0.2) is 168 Å². The van der Waals surface area contributed by atoms with Crippen molar-refractivity contribution in [1.29, 1.82) is 0 Å². The fraction of sp³-hybridized carbons (Fsp3) is 0.284. The lowest BCUT2D eigenvalue weighted by Gasteiger charge is -2.12. The highest BCUT2D eigenvalue weighted by Crippen LogP contribution is 2.32. The topological polar surface area (TPSA) is 183 Å². The Morgan fingerprint density at radius 3 is 1.39 bits per heavy atom. The smallest absolute Gasteiger partial charge is 0.387 e. The lowest BCUT2D eigenvalue weighted by atomic mass is 10.0. The zero-order valence-electron chi connectivity index (χ0n) is 49.7. The third-order valence-electron chi connectivity index (χ3n) is 13.9. The molecule has 2 amide bonds. The molecule has 22 heteroatoms. The van der Waals surface area contributed by atoms with Gasteiger partial charge in [-0.25, -0.2) is 9.97 Å². The van der Waals surface area contributed by atoms with Crippen molar-refractivity contribution in [3.8, 4) is 45.3 Å². The van der Waals surface area contributed by atoms with Crippen molar-refractivity contribution in [2.24, 2.45) is 0 Å². The number of aryl methyl sites for hydroxylation is 4. The number of hydrogen-bond donors (Lipinski definition) is 2. The maximum atomic E-state index is 13.6. The fourth-order valence-corrected chi connectivity index (χ4v) is 11.7. The summed E-state index contributed by atoms with van der Waals surface area (Å²) < 4.78 is 117. The number of rotatable bonds is 34. The highest BCUT2D eigenvalue weighted by molar-refractivity contribution is 7.84. The summed E-state index contributed by atoms with van der Waals surface area (Å²) in [5.74, 6) is 0.582. The van der Waals surface area contributed by atoms with Gasteiger partial charge >= 0.3 is 13.2 Å². The Hall–Kier alpha value is -8.70. The van der Waals surface area contributed by atoms with E-state index in [1.165, 1.54) is 36.4 Å². The highest BCUT2D eigenvalue weighted by atomic mass is 32.2. The summed E-state index contributed by atoms with van der Waals surface area (Å²) in [6.45, 7) is 5.68. The van der Waals surface area contributed by atoms with E-state index in [0.29, 0.717) is 102 Å². The van der Waals surface area contributed by atoms with Gasteiger partial charge in [0.15, 0.2) is 0 Å². The molecule has 16 nitrogen and oxygen atoms in total. The molecule has 8 aromatic rings. The van der Waals surface area contributed by atoms with Crippen LogP contribution in [0.1, 0.15) is 67.0 Å². The molecule has 2 aromatic heterocycles. The zero-order chi connectivity index (χ0) is 63.1. The highest BCUT2D eigenvalue weighted by Gasteiger charge is 2.17. The molecule has 0 fully saturated rings. The molecule has 0 bridgehead atoms. The van der Waals surface area contributed by atoms with Crippen LogP contribution in [0.3, 0.4) is 0 Å².